The van der Waals surface area contributed by atoms with Crippen LogP contribution >= 0.6 is 0 Å². The van der Waals surface area contributed by atoms with Crippen LogP contribution in [0.2, 0.25) is 0 Å². The zero-order chi connectivity index (χ0) is 16.3. The number of esters is 1. The van der Waals surface area contributed by atoms with Gasteiger partial charge in [0.2, 0.25) is 0 Å². The van der Waals surface area contributed by atoms with Crippen LogP contribution in [-0.2, 0) is 9.53 Å². The van der Waals surface area contributed by atoms with Crippen LogP contribution < -0.4 is 0 Å². The fourth-order valence-corrected chi connectivity index (χ4v) is 2.34. The van der Waals surface area contributed by atoms with Gasteiger partial charge in [0.15, 0.2) is 0 Å². The third kappa shape index (κ3) is 17.0. The van der Waals surface area contributed by atoms with Crippen molar-refractivity contribution in [1.29, 1.82) is 0 Å². The highest BCUT2D eigenvalue weighted by Gasteiger charge is 1.99. The molecule has 0 fully saturated rings. The summed E-state index contributed by atoms with van der Waals surface area (Å²) in [6.07, 6.45) is 21.6. The van der Waals surface area contributed by atoms with Gasteiger partial charge >= 0.3 is 5.97 Å². The molecule has 2 heteroatoms. The summed E-state index contributed by atoms with van der Waals surface area (Å²) in [5.74, 6) is -0.102. The van der Waals surface area contributed by atoms with E-state index in [1.807, 2.05) is 0 Å². The van der Waals surface area contributed by atoms with E-state index in [4.69, 9.17) is 4.74 Å². The Morgan fingerprint density at radius 1 is 0.864 bits per heavy atom. The lowest BCUT2D eigenvalue weighted by Crippen LogP contribution is -2.04. The van der Waals surface area contributed by atoms with E-state index in [0.29, 0.717) is 13.0 Å². The van der Waals surface area contributed by atoms with Crippen molar-refractivity contribution >= 4 is 5.97 Å². The summed E-state index contributed by atoms with van der Waals surface area (Å²) < 4.78 is 5.05. The second-order valence-electron chi connectivity index (χ2n) is 5.93. The van der Waals surface area contributed by atoms with Crippen LogP contribution in [0.5, 0.6) is 0 Å². The molecule has 0 aromatic heterocycles. The average Bonchev–Trinajstić information content (AvgIpc) is 2.52. The van der Waals surface area contributed by atoms with E-state index in [1.54, 1.807) is 6.08 Å². The van der Waals surface area contributed by atoms with Crippen LogP contribution in [0.3, 0.4) is 0 Å². The van der Waals surface area contributed by atoms with E-state index in [9.17, 15) is 4.79 Å². The second-order valence-corrected chi connectivity index (χ2v) is 5.93. The van der Waals surface area contributed by atoms with Crippen LogP contribution in [0.4, 0.5) is 0 Å². The minimum Gasteiger partial charge on any atom is -0.465 e. The molecule has 2 nitrogen and oxygen atoms in total. The molecule has 0 atom stereocenters. The topological polar surface area (TPSA) is 26.3 Å². The van der Waals surface area contributed by atoms with Gasteiger partial charge in [-0.2, -0.15) is 0 Å². The molecule has 0 aromatic rings. The molecule has 0 spiro atoms. The molecule has 0 amide bonds. The van der Waals surface area contributed by atoms with E-state index in [1.165, 1.54) is 57.8 Å². The molecule has 0 unspecified atom stereocenters. The molecule has 128 valence electrons. The number of hydrogen-bond acceptors (Lipinski definition) is 2. The number of allylic oxidation sites excluding steroid dienone is 2. The molecule has 22 heavy (non-hydrogen) atoms. The van der Waals surface area contributed by atoms with Crippen LogP contribution in [0.1, 0.15) is 90.4 Å². The molecule has 0 rings (SSSR count). The molecular weight excluding hydrogens is 272 g/mol. The van der Waals surface area contributed by atoms with Crippen LogP contribution in [0, 0.1) is 0 Å². The van der Waals surface area contributed by atoms with Crippen molar-refractivity contribution in [3.05, 3.63) is 24.8 Å². The van der Waals surface area contributed by atoms with Gasteiger partial charge in [0.1, 0.15) is 0 Å². The van der Waals surface area contributed by atoms with E-state index < -0.39 is 0 Å². The van der Waals surface area contributed by atoms with Gasteiger partial charge in [0.25, 0.3) is 0 Å². The normalized spacial score (nSPS) is 11.0. The first-order chi connectivity index (χ1) is 10.8. The van der Waals surface area contributed by atoms with Crippen molar-refractivity contribution in [2.75, 3.05) is 6.61 Å². The molecule has 0 aliphatic rings. The number of ether oxygens (including phenoxy) is 1. The zero-order valence-corrected chi connectivity index (χ0v) is 14.7. The Balaban J connectivity index is 3.20. The fourth-order valence-electron chi connectivity index (χ4n) is 2.34. The quantitative estimate of drug-likeness (QED) is 0.188. The molecule has 0 aromatic carbocycles. The Bertz CT molecular complexity index is 281. The molecule has 0 N–H and O–H groups in total. The van der Waals surface area contributed by atoms with Gasteiger partial charge in [-0.15, -0.1) is 6.58 Å². The van der Waals surface area contributed by atoms with E-state index in [2.05, 4.69) is 25.7 Å². The van der Waals surface area contributed by atoms with Crippen molar-refractivity contribution < 1.29 is 9.53 Å². The number of rotatable bonds is 16. The summed E-state index contributed by atoms with van der Waals surface area (Å²) in [7, 11) is 0. The van der Waals surface area contributed by atoms with Crippen molar-refractivity contribution in [3.8, 4) is 0 Å². The number of hydrogen-bond donors (Lipinski definition) is 0. The standard InChI is InChI=1S/C20H36O2/c1-3-5-7-8-9-10-11-12-13-14-15-16-17-18-20(21)22-19-6-4-2/h4,15-16H,2-3,5-14,17-19H2,1H3. The Morgan fingerprint density at radius 3 is 2.09 bits per heavy atom. The zero-order valence-electron chi connectivity index (χ0n) is 14.7. The first-order valence-electron chi connectivity index (χ1n) is 9.22. The molecule has 0 radical (unpaired) electrons. The molecule has 0 aliphatic carbocycles. The molecule has 0 bridgehead atoms. The maximum atomic E-state index is 11.3. The van der Waals surface area contributed by atoms with Gasteiger partial charge in [-0.3, -0.25) is 4.79 Å². The highest BCUT2D eigenvalue weighted by molar-refractivity contribution is 5.69. The summed E-state index contributed by atoms with van der Waals surface area (Å²) in [6.45, 7) is 6.32. The maximum absolute atomic E-state index is 11.3. The van der Waals surface area contributed by atoms with E-state index >= 15 is 0 Å². The summed E-state index contributed by atoms with van der Waals surface area (Å²) in [6, 6.07) is 0. The highest BCUT2D eigenvalue weighted by atomic mass is 16.5. The smallest absolute Gasteiger partial charge is 0.306 e. The highest BCUT2D eigenvalue weighted by Crippen LogP contribution is 2.10. The Labute approximate surface area is 138 Å². The van der Waals surface area contributed by atoms with Crippen LogP contribution in [-0.4, -0.2) is 12.6 Å². The predicted molar refractivity (Wildman–Crippen MR) is 96.0 cm³/mol. The lowest BCUT2D eigenvalue weighted by molar-refractivity contribution is -0.143. The lowest BCUT2D eigenvalue weighted by atomic mass is 10.1. The maximum Gasteiger partial charge on any atom is 0.306 e. The van der Waals surface area contributed by atoms with Crippen molar-refractivity contribution in [2.24, 2.45) is 0 Å². The number of carbonyl (C=O) groups is 1. The Hall–Kier alpha value is -1.05. The van der Waals surface area contributed by atoms with Gasteiger partial charge in [0.05, 0.1) is 6.61 Å². The minimum absolute atomic E-state index is 0.102. The Morgan fingerprint density at radius 2 is 1.45 bits per heavy atom. The average molecular weight is 309 g/mol. The molecule has 0 heterocycles. The first-order valence-corrected chi connectivity index (χ1v) is 9.22. The fraction of sp³-hybridized carbons (Fsp3) is 0.750. The van der Waals surface area contributed by atoms with Gasteiger partial charge in [0, 0.05) is 6.42 Å². The van der Waals surface area contributed by atoms with Gasteiger partial charge in [-0.05, 0) is 25.7 Å². The van der Waals surface area contributed by atoms with Gasteiger partial charge in [-0.25, -0.2) is 0 Å². The largest absolute Gasteiger partial charge is 0.465 e. The third-order valence-electron chi connectivity index (χ3n) is 3.74. The lowest BCUT2D eigenvalue weighted by Gasteiger charge is -2.01. The van der Waals surface area contributed by atoms with Gasteiger partial charge in [-0.1, -0.05) is 76.5 Å². The SMILES string of the molecule is C=CCCOC(=O)CCC=CCCCCCCCCCCC. The molecular formula is C20H36O2. The van der Waals surface area contributed by atoms with E-state index in [-0.39, 0.29) is 5.97 Å². The number of carbonyl (C=O) groups excluding carboxylic acids is 1. The summed E-state index contributed by atoms with van der Waals surface area (Å²) >= 11 is 0. The van der Waals surface area contributed by atoms with Crippen molar-refractivity contribution in [1.82, 2.24) is 0 Å². The molecule has 0 saturated heterocycles. The van der Waals surface area contributed by atoms with Crippen molar-refractivity contribution in [3.63, 3.8) is 0 Å². The summed E-state index contributed by atoms with van der Waals surface area (Å²) in [4.78, 5) is 11.3. The predicted octanol–water partition coefficient (Wildman–Crippen LogP) is 6.36. The van der Waals surface area contributed by atoms with Crippen LogP contribution in [0.15, 0.2) is 24.8 Å². The Kier molecular flexibility index (Phi) is 17.1. The minimum atomic E-state index is -0.102. The first kappa shape index (κ1) is 20.9. The summed E-state index contributed by atoms with van der Waals surface area (Å²) in [5, 5.41) is 0. The molecule has 0 saturated carbocycles. The van der Waals surface area contributed by atoms with Gasteiger partial charge < -0.3 is 4.74 Å². The van der Waals surface area contributed by atoms with Crippen molar-refractivity contribution in [2.45, 2.75) is 90.4 Å². The molecule has 0 aliphatic heterocycles. The van der Waals surface area contributed by atoms with Crippen LogP contribution in [0.25, 0.3) is 0 Å². The third-order valence-corrected chi connectivity index (χ3v) is 3.74. The van der Waals surface area contributed by atoms with E-state index in [0.717, 1.165) is 19.3 Å². The second kappa shape index (κ2) is 18.0. The monoisotopic (exact) mass is 308 g/mol. The summed E-state index contributed by atoms with van der Waals surface area (Å²) in [5.41, 5.74) is 0. The number of unbranched alkanes of at least 4 members (excludes halogenated alkanes) is 9.